The molecule has 0 radical (unpaired) electrons. The van der Waals surface area contributed by atoms with Crippen molar-refractivity contribution in [1.82, 2.24) is 19.9 Å². The molecule has 3 heterocycles. The van der Waals surface area contributed by atoms with E-state index in [1.54, 1.807) is 0 Å². The lowest BCUT2D eigenvalue weighted by Gasteiger charge is -2.11. The quantitative estimate of drug-likeness (QED) is 0.182. The molecular formula is C44H26N4O. The number of pyridine rings is 1. The summed E-state index contributed by atoms with van der Waals surface area (Å²) in [5, 5.41) is 7.61. The van der Waals surface area contributed by atoms with Crippen molar-refractivity contribution in [3.05, 3.63) is 158 Å². The smallest absolute Gasteiger partial charge is 0.227 e. The zero-order valence-electron chi connectivity index (χ0n) is 26.2. The molecule has 0 aliphatic rings. The Balaban J connectivity index is 1.27. The maximum absolute atomic E-state index is 6.64. The van der Waals surface area contributed by atoms with Crippen LogP contribution in [0.25, 0.3) is 99.8 Å². The molecule has 0 N–H and O–H groups in total. The van der Waals surface area contributed by atoms with Gasteiger partial charge in [-0.1, -0.05) is 127 Å². The number of para-hydroxylation sites is 1. The highest BCUT2D eigenvalue weighted by atomic mass is 16.3. The van der Waals surface area contributed by atoms with E-state index in [9.17, 15) is 0 Å². The fourth-order valence-electron chi connectivity index (χ4n) is 6.92. The van der Waals surface area contributed by atoms with Crippen molar-refractivity contribution in [2.24, 2.45) is 0 Å². The van der Waals surface area contributed by atoms with E-state index in [1.807, 2.05) is 66.7 Å². The van der Waals surface area contributed by atoms with E-state index in [1.165, 1.54) is 16.2 Å². The van der Waals surface area contributed by atoms with Crippen LogP contribution in [0, 0.1) is 0 Å². The van der Waals surface area contributed by atoms with Crippen LogP contribution in [0.4, 0.5) is 0 Å². The zero-order valence-corrected chi connectivity index (χ0v) is 26.2. The van der Waals surface area contributed by atoms with Gasteiger partial charge in [-0.05, 0) is 57.4 Å². The molecule has 0 fully saturated rings. The second-order valence-electron chi connectivity index (χ2n) is 12.3. The SMILES string of the molecule is c1ccc(-c2nc(-c3ccc4ccc5ccccc5c4c3)nc(-c3ccc(-c4ccccc4)c4oc5nc6ccccc6cc5c34)n2)cc1. The molecule has 0 unspecified atom stereocenters. The van der Waals surface area contributed by atoms with E-state index in [0.717, 1.165) is 60.5 Å². The van der Waals surface area contributed by atoms with Gasteiger partial charge in [-0.15, -0.1) is 0 Å². The third-order valence-corrected chi connectivity index (χ3v) is 9.31. The van der Waals surface area contributed by atoms with E-state index in [-0.39, 0.29) is 0 Å². The minimum Gasteiger partial charge on any atom is -0.437 e. The monoisotopic (exact) mass is 626 g/mol. The summed E-state index contributed by atoms with van der Waals surface area (Å²) in [7, 11) is 0. The van der Waals surface area contributed by atoms with Crippen LogP contribution in [-0.2, 0) is 0 Å². The molecule has 0 saturated heterocycles. The number of rotatable bonds is 4. The number of nitrogens with zero attached hydrogens (tertiary/aromatic N) is 4. The summed E-state index contributed by atoms with van der Waals surface area (Å²) < 4.78 is 6.64. The predicted octanol–water partition coefficient (Wildman–Crippen LogP) is 11.3. The first-order chi connectivity index (χ1) is 24.3. The Labute approximate surface area is 281 Å². The van der Waals surface area contributed by atoms with E-state index >= 15 is 0 Å². The molecule has 0 atom stereocenters. The van der Waals surface area contributed by atoms with Crippen molar-refractivity contribution >= 4 is 54.5 Å². The van der Waals surface area contributed by atoms with Crippen LogP contribution in [0.3, 0.4) is 0 Å². The van der Waals surface area contributed by atoms with Crippen molar-refractivity contribution in [3.63, 3.8) is 0 Å². The summed E-state index contributed by atoms with van der Waals surface area (Å²) in [5.41, 5.74) is 6.96. The van der Waals surface area contributed by atoms with Crippen molar-refractivity contribution in [3.8, 4) is 45.3 Å². The standard InChI is InChI=1S/C44H26N4O/c1-3-11-27(12-4-1)34-23-24-35(39-37-25-31-16-8-10-18-38(31)45-44(37)49-40(34)39)43-47-41(30-14-5-2-6-15-30)46-42(48-43)32-22-21-29-20-19-28-13-7-9-17-33(28)36(29)26-32/h1-26H. The van der Waals surface area contributed by atoms with Crippen LogP contribution in [0.5, 0.6) is 0 Å². The fraction of sp³-hybridized carbons (Fsp3) is 0. The average molecular weight is 627 g/mol. The second kappa shape index (κ2) is 10.9. The van der Waals surface area contributed by atoms with E-state index in [2.05, 4.69) is 91.0 Å². The van der Waals surface area contributed by atoms with Crippen LogP contribution in [-0.4, -0.2) is 19.9 Å². The van der Waals surface area contributed by atoms with Gasteiger partial charge in [0, 0.05) is 38.4 Å². The van der Waals surface area contributed by atoms with Crippen LogP contribution < -0.4 is 0 Å². The summed E-state index contributed by atoms with van der Waals surface area (Å²) in [6.07, 6.45) is 0. The molecule has 0 aliphatic carbocycles. The number of hydrogen-bond donors (Lipinski definition) is 0. The minimum absolute atomic E-state index is 0.572. The van der Waals surface area contributed by atoms with E-state index in [4.69, 9.17) is 24.4 Å². The lowest BCUT2D eigenvalue weighted by atomic mass is 9.98. The van der Waals surface area contributed by atoms with Crippen LogP contribution >= 0.6 is 0 Å². The van der Waals surface area contributed by atoms with Crippen LogP contribution in [0.15, 0.2) is 162 Å². The fourth-order valence-corrected chi connectivity index (χ4v) is 6.92. The lowest BCUT2D eigenvalue weighted by Crippen LogP contribution is -2.00. The molecule has 0 saturated carbocycles. The Morgan fingerprint density at radius 2 is 0.980 bits per heavy atom. The number of benzene rings is 7. The van der Waals surface area contributed by atoms with Crippen molar-refractivity contribution < 1.29 is 4.42 Å². The maximum Gasteiger partial charge on any atom is 0.227 e. The Morgan fingerprint density at radius 1 is 0.367 bits per heavy atom. The highest BCUT2D eigenvalue weighted by Gasteiger charge is 2.22. The summed E-state index contributed by atoms with van der Waals surface area (Å²) in [6.45, 7) is 0. The molecule has 228 valence electrons. The normalized spacial score (nSPS) is 11.7. The van der Waals surface area contributed by atoms with Crippen LogP contribution in [0.2, 0.25) is 0 Å². The Bertz CT molecular complexity index is 2880. The highest BCUT2D eigenvalue weighted by Crippen LogP contribution is 2.42. The van der Waals surface area contributed by atoms with Gasteiger partial charge in [-0.2, -0.15) is 0 Å². The Morgan fingerprint density at radius 3 is 1.80 bits per heavy atom. The molecule has 5 heteroatoms. The average Bonchev–Trinajstić information content (AvgIpc) is 3.55. The van der Waals surface area contributed by atoms with Gasteiger partial charge >= 0.3 is 0 Å². The number of furan rings is 1. The van der Waals surface area contributed by atoms with Gasteiger partial charge in [0.05, 0.1) is 5.52 Å². The molecule has 10 aromatic rings. The zero-order chi connectivity index (χ0) is 32.3. The van der Waals surface area contributed by atoms with Crippen LogP contribution in [0.1, 0.15) is 0 Å². The molecule has 0 amide bonds. The van der Waals surface area contributed by atoms with E-state index in [0.29, 0.717) is 23.2 Å². The number of aromatic nitrogens is 4. The first kappa shape index (κ1) is 27.4. The number of fused-ring (bicyclic) bond motifs is 7. The molecular weight excluding hydrogens is 601 g/mol. The Kier molecular flexibility index (Phi) is 6.11. The molecule has 49 heavy (non-hydrogen) atoms. The summed E-state index contributed by atoms with van der Waals surface area (Å²) in [6, 6.07) is 54.2. The lowest BCUT2D eigenvalue weighted by molar-refractivity contribution is 0.657. The highest BCUT2D eigenvalue weighted by molar-refractivity contribution is 6.17. The van der Waals surface area contributed by atoms with E-state index < -0.39 is 0 Å². The third-order valence-electron chi connectivity index (χ3n) is 9.31. The first-order valence-electron chi connectivity index (χ1n) is 16.3. The molecule has 0 spiro atoms. The maximum atomic E-state index is 6.64. The van der Waals surface area contributed by atoms with Gasteiger partial charge < -0.3 is 4.42 Å². The molecule has 3 aromatic heterocycles. The summed E-state index contributed by atoms with van der Waals surface area (Å²) >= 11 is 0. The van der Waals surface area contributed by atoms with Gasteiger partial charge in [-0.25, -0.2) is 19.9 Å². The molecule has 10 rings (SSSR count). The predicted molar refractivity (Wildman–Crippen MR) is 199 cm³/mol. The van der Waals surface area contributed by atoms with Crippen molar-refractivity contribution in [2.45, 2.75) is 0 Å². The number of hydrogen-bond acceptors (Lipinski definition) is 5. The van der Waals surface area contributed by atoms with Gasteiger partial charge in [-0.3, -0.25) is 0 Å². The summed E-state index contributed by atoms with van der Waals surface area (Å²) in [4.78, 5) is 20.3. The van der Waals surface area contributed by atoms with Gasteiger partial charge in [0.2, 0.25) is 5.71 Å². The molecule has 0 bridgehead atoms. The second-order valence-corrected chi connectivity index (χ2v) is 12.3. The van der Waals surface area contributed by atoms with Gasteiger partial charge in [0.15, 0.2) is 17.5 Å². The first-order valence-corrected chi connectivity index (χ1v) is 16.3. The molecule has 5 nitrogen and oxygen atoms in total. The topological polar surface area (TPSA) is 64.7 Å². The van der Waals surface area contributed by atoms with Gasteiger partial charge in [0.1, 0.15) is 5.58 Å². The largest absolute Gasteiger partial charge is 0.437 e. The Hall–Kier alpha value is -6.72. The summed E-state index contributed by atoms with van der Waals surface area (Å²) in [5.74, 6) is 1.79. The van der Waals surface area contributed by atoms with Crippen molar-refractivity contribution in [1.29, 1.82) is 0 Å². The molecule has 7 aromatic carbocycles. The third kappa shape index (κ3) is 4.55. The van der Waals surface area contributed by atoms with Crippen molar-refractivity contribution in [2.75, 3.05) is 0 Å². The minimum atomic E-state index is 0.572. The van der Waals surface area contributed by atoms with Gasteiger partial charge in [0.25, 0.3) is 0 Å². The molecule has 0 aliphatic heterocycles.